The number of H-pyrrole nitrogens is 1. The minimum Gasteiger partial charge on any atom is -0.366 e. The molecular weight excluding hydrogens is 356 g/mol. The Bertz CT molecular complexity index is 1160. The average Bonchev–Trinajstić information content (AvgIpc) is 3.44. The largest absolute Gasteiger partial charge is 0.366 e. The summed E-state index contributed by atoms with van der Waals surface area (Å²) in [6.45, 7) is 1.87. The van der Waals surface area contributed by atoms with Crippen LogP contribution in [0.5, 0.6) is 0 Å². The van der Waals surface area contributed by atoms with Gasteiger partial charge in [0.15, 0.2) is 5.76 Å². The third-order valence-corrected chi connectivity index (χ3v) is 4.89. The molecule has 0 aliphatic carbocycles. The zero-order valence-corrected chi connectivity index (χ0v) is 14.9. The monoisotopic (exact) mass is 372 g/mol. The van der Waals surface area contributed by atoms with Crippen LogP contribution in [-0.4, -0.2) is 39.8 Å². The molecule has 0 bridgehead atoms. The molecule has 1 fully saturated rings. The molecule has 1 N–H and O–H groups in total. The predicted octanol–water partition coefficient (Wildman–Crippen LogP) is 3.06. The number of nitrogens with zero attached hydrogens (tertiary/aromatic N) is 5. The maximum Gasteiger partial charge on any atom is 0.167 e. The topological polar surface area (TPSA) is 104 Å². The Labute approximate surface area is 160 Å². The Morgan fingerprint density at radius 3 is 3.07 bits per heavy atom. The highest BCUT2D eigenvalue weighted by atomic mass is 16.5. The molecule has 8 nitrogen and oxygen atoms in total. The highest BCUT2D eigenvalue weighted by Crippen LogP contribution is 2.35. The van der Waals surface area contributed by atoms with Gasteiger partial charge in [0.1, 0.15) is 23.9 Å². The quantitative estimate of drug-likeness (QED) is 0.589. The molecule has 0 spiro atoms. The van der Waals surface area contributed by atoms with Crippen molar-refractivity contribution in [2.24, 2.45) is 0 Å². The number of nitrogens with one attached hydrogen (secondary N) is 1. The Balaban J connectivity index is 1.58. The molecule has 0 saturated carbocycles. The zero-order valence-electron chi connectivity index (χ0n) is 14.9. The molecular formula is C20H16N6O2. The molecule has 8 heteroatoms. The first-order valence-corrected chi connectivity index (χ1v) is 8.93. The van der Waals surface area contributed by atoms with E-state index in [9.17, 15) is 5.26 Å². The number of aromatic amines is 1. The van der Waals surface area contributed by atoms with Crippen LogP contribution in [0.15, 0.2) is 53.6 Å². The molecule has 1 saturated heterocycles. The van der Waals surface area contributed by atoms with E-state index < -0.39 is 0 Å². The summed E-state index contributed by atoms with van der Waals surface area (Å²) in [5.74, 6) is 1.53. The molecule has 4 heterocycles. The number of aromatic nitrogens is 4. The second-order valence-corrected chi connectivity index (χ2v) is 6.54. The normalized spacial score (nSPS) is 17.0. The second kappa shape index (κ2) is 6.79. The summed E-state index contributed by atoms with van der Waals surface area (Å²) in [6.07, 6.45) is 4.88. The number of hydrogen-bond donors (Lipinski definition) is 1. The Morgan fingerprint density at radius 1 is 1.25 bits per heavy atom. The molecule has 28 heavy (non-hydrogen) atoms. The van der Waals surface area contributed by atoms with Crippen LogP contribution in [0.2, 0.25) is 0 Å². The summed E-state index contributed by atoms with van der Waals surface area (Å²) < 4.78 is 11.1. The van der Waals surface area contributed by atoms with Gasteiger partial charge in [-0.05, 0) is 17.7 Å². The molecule has 1 aliphatic heterocycles. The SMILES string of the molecule is N#Cc1cccc(-c2c[nH]c3ncnc(N4CCOC(c5ccno5)C4)c23)c1. The standard InChI is InChI=1S/C20H16N6O2/c21-9-13-2-1-3-14(8-13)15-10-22-19-18(15)20(24-12-23-19)26-6-7-27-17(11-26)16-4-5-25-28-16/h1-5,8,10,12,17H,6-7,11H2,(H,22,23,24). The van der Waals surface area contributed by atoms with Crippen LogP contribution in [-0.2, 0) is 4.74 Å². The van der Waals surface area contributed by atoms with Crippen molar-refractivity contribution < 1.29 is 9.26 Å². The minimum atomic E-state index is -0.203. The highest BCUT2D eigenvalue weighted by Gasteiger charge is 2.27. The highest BCUT2D eigenvalue weighted by molar-refractivity contribution is 6.01. The van der Waals surface area contributed by atoms with Gasteiger partial charge < -0.3 is 19.1 Å². The molecule has 138 valence electrons. The Morgan fingerprint density at radius 2 is 2.21 bits per heavy atom. The summed E-state index contributed by atoms with van der Waals surface area (Å²) >= 11 is 0. The molecule has 0 amide bonds. The average molecular weight is 372 g/mol. The smallest absolute Gasteiger partial charge is 0.167 e. The van der Waals surface area contributed by atoms with Gasteiger partial charge in [-0.15, -0.1) is 0 Å². The van der Waals surface area contributed by atoms with Gasteiger partial charge in [-0.3, -0.25) is 0 Å². The fourth-order valence-electron chi connectivity index (χ4n) is 3.58. The molecule has 1 unspecified atom stereocenters. The van der Waals surface area contributed by atoms with Gasteiger partial charge in [0.2, 0.25) is 0 Å². The van der Waals surface area contributed by atoms with E-state index in [0.29, 0.717) is 31.0 Å². The number of rotatable bonds is 3. The number of fused-ring (bicyclic) bond motifs is 1. The van der Waals surface area contributed by atoms with Crippen molar-refractivity contribution in [3.63, 3.8) is 0 Å². The van der Waals surface area contributed by atoms with Gasteiger partial charge in [0, 0.05) is 24.4 Å². The number of morpholine rings is 1. The lowest BCUT2D eigenvalue weighted by Crippen LogP contribution is -2.38. The van der Waals surface area contributed by atoms with Crippen LogP contribution < -0.4 is 4.90 Å². The number of nitriles is 1. The van der Waals surface area contributed by atoms with E-state index in [4.69, 9.17) is 9.26 Å². The maximum atomic E-state index is 9.23. The molecule has 1 aliphatic rings. The van der Waals surface area contributed by atoms with E-state index in [2.05, 4.69) is 31.1 Å². The number of anilines is 1. The van der Waals surface area contributed by atoms with E-state index in [1.54, 1.807) is 18.6 Å². The maximum absolute atomic E-state index is 9.23. The second-order valence-electron chi connectivity index (χ2n) is 6.54. The zero-order chi connectivity index (χ0) is 18.9. The van der Waals surface area contributed by atoms with E-state index in [1.165, 1.54) is 0 Å². The van der Waals surface area contributed by atoms with Crippen molar-refractivity contribution >= 4 is 16.9 Å². The van der Waals surface area contributed by atoms with Crippen LogP contribution in [0.1, 0.15) is 17.4 Å². The van der Waals surface area contributed by atoms with Crippen molar-refractivity contribution in [3.8, 4) is 17.2 Å². The first kappa shape index (κ1) is 16.5. The van der Waals surface area contributed by atoms with Gasteiger partial charge >= 0.3 is 0 Å². The van der Waals surface area contributed by atoms with E-state index >= 15 is 0 Å². The Kier molecular flexibility index (Phi) is 4.00. The molecule has 5 rings (SSSR count). The van der Waals surface area contributed by atoms with Gasteiger partial charge in [0.25, 0.3) is 0 Å². The minimum absolute atomic E-state index is 0.203. The molecule has 4 aromatic rings. The van der Waals surface area contributed by atoms with Crippen molar-refractivity contribution in [1.29, 1.82) is 5.26 Å². The molecule has 3 aromatic heterocycles. The van der Waals surface area contributed by atoms with Gasteiger partial charge in [-0.1, -0.05) is 17.3 Å². The summed E-state index contributed by atoms with van der Waals surface area (Å²) in [6, 6.07) is 11.5. The molecule has 1 atom stereocenters. The molecule has 0 radical (unpaired) electrons. The first-order valence-electron chi connectivity index (χ1n) is 8.93. The first-order chi connectivity index (χ1) is 13.8. The summed E-state index contributed by atoms with van der Waals surface area (Å²) in [5, 5.41) is 13.9. The summed E-state index contributed by atoms with van der Waals surface area (Å²) in [7, 11) is 0. The van der Waals surface area contributed by atoms with Crippen molar-refractivity contribution in [3.05, 3.63) is 60.4 Å². The lowest BCUT2D eigenvalue weighted by Gasteiger charge is -2.32. The lowest BCUT2D eigenvalue weighted by molar-refractivity contribution is 0.0219. The fraction of sp³-hybridized carbons (Fsp3) is 0.200. The van der Waals surface area contributed by atoms with Crippen LogP contribution >= 0.6 is 0 Å². The van der Waals surface area contributed by atoms with Crippen molar-refractivity contribution in [2.45, 2.75) is 6.10 Å². The third-order valence-electron chi connectivity index (χ3n) is 4.89. The third kappa shape index (κ3) is 2.78. The van der Waals surface area contributed by atoms with Crippen LogP contribution in [0, 0.1) is 11.3 Å². The summed E-state index contributed by atoms with van der Waals surface area (Å²) in [4.78, 5) is 14.3. The van der Waals surface area contributed by atoms with Gasteiger partial charge in [-0.2, -0.15) is 5.26 Å². The predicted molar refractivity (Wildman–Crippen MR) is 101 cm³/mol. The number of ether oxygens (including phenoxy) is 1. The van der Waals surface area contributed by atoms with Crippen LogP contribution in [0.4, 0.5) is 5.82 Å². The van der Waals surface area contributed by atoms with E-state index in [0.717, 1.165) is 28.0 Å². The van der Waals surface area contributed by atoms with Crippen molar-refractivity contribution in [1.82, 2.24) is 20.1 Å². The van der Waals surface area contributed by atoms with Crippen molar-refractivity contribution in [2.75, 3.05) is 24.6 Å². The van der Waals surface area contributed by atoms with Gasteiger partial charge in [0.05, 0.1) is 36.4 Å². The van der Waals surface area contributed by atoms with E-state index in [-0.39, 0.29) is 6.10 Å². The van der Waals surface area contributed by atoms with Gasteiger partial charge in [-0.25, -0.2) is 9.97 Å². The molecule has 1 aromatic carbocycles. The lowest BCUT2D eigenvalue weighted by atomic mass is 10.0. The van der Waals surface area contributed by atoms with E-state index in [1.807, 2.05) is 30.5 Å². The van der Waals surface area contributed by atoms with Crippen LogP contribution in [0.25, 0.3) is 22.2 Å². The fourth-order valence-corrected chi connectivity index (χ4v) is 3.58. The van der Waals surface area contributed by atoms with Crippen LogP contribution in [0.3, 0.4) is 0 Å². The Hall–Kier alpha value is -3.70. The summed E-state index contributed by atoms with van der Waals surface area (Å²) in [5.41, 5.74) is 3.28. The number of benzene rings is 1. The number of hydrogen-bond acceptors (Lipinski definition) is 7.